The van der Waals surface area contributed by atoms with E-state index in [9.17, 15) is 0 Å². The summed E-state index contributed by atoms with van der Waals surface area (Å²) >= 11 is 0. The summed E-state index contributed by atoms with van der Waals surface area (Å²) in [5, 5.41) is 0. The van der Waals surface area contributed by atoms with Crippen LogP contribution in [-0.2, 0) is 37.1 Å². The second-order valence-electron chi connectivity index (χ2n) is 0. The first-order valence-electron chi connectivity index (χ1n) is 0. The van der Waals surface area contributed by atoms with Gasteiger partial charge in [-0.2, -0.15) is 0 Å². The Morgan fingerprint density at radius 1 is 0.571 bits per heavy atom. The first kappa shape index (κ1) is 369. The van der Waals surface area contributed by atoms with E-state index in [1.807, 2.05) is 0 Å². The summed E-state index contributed by atoms with van der Waals surface area (Å²) in [7, 11) is 0. The third-order valence-corrected chi connectivity index (χ3v) is 0. The first-order chi connectivity index (χ1) is 0. The van der Waals surface area contributed by atoms with E-state index in [4.69, 9.17) is 0 Å². The Kier molecular flexibility index (Phi) is 12500. The van der Waals surface area contributed by atoms with E-state index in [0.29, 0.717) is 0 Å². The van der Waals surface area contributed by atoms with E-state index in [-0.39, 0.29) is 74.2 Å². The van der Waals surface area contributed by atoms with Crippen molar-refractivity contribution in [3.63, 3.8) is 0 Å². The Morgan fingerprint density at radius 2 is 0.571 bits per heavy atom. The van der Waals surface area contributed by atoms with Gasteiger partial charge in [-0.25, -0.2) is 0 Å². The van der Waals surface area contributed by atoms with Gasteiger partial charge < -0.3 is 14.9 Å². The van der Waals surface area contributed by atoms with E-state index in [1.165, 1.54) is 0 Å². The molecule has 48 valence electrons. The van der Waals surface area contributed by atoms with Gasteiger partial charge >= 0.3 is 0 Å². The molecule has 7 heavy (non-hydrogen) atoms. The van der Waals surface area contributed by atoms with Gasteiger partial charge in [0.15, 0.2) is 0 Å². The summed E-state index contributed by atoms with van der Waals surface area (Å²) in [5.41, 5.74) is 0. The topological polar surface area (TPSA) is 0 Å². The summed E-state index contributed by atoms with van der Waals surface area (Å²) in [4.78, 5) is 0. The van der Waals surface area contributed by atoms with Crippen molar-refractivity contribution in [2.75, 3.05) is 0 Å². The molecule has 0 spiro atoms. The molecular formula is C5H17V2-. The molecule has 0 aliphatic carbocycles. The molecule has 2 heteroatoms. The average molecular weight is 179 g/mol. The largest absolute Gasteiger partial charge is 0.358 e. The van der Waals surface area contributed by atoms with Crippen LogP contribution in [0.2, 0.25) is 0 Å². The van der Waals surface area contributed by atoms with Gasteiger partial charge in [0, 0.05) is 44.5 Å². The Labute approximate surface area is 74.2 Å². The van der Waals surface area contributed by atoms with Crippen molar-refractivity contribution in [3.05, 3.63) is 22.3 Å². The zero-order chi connectivity index (χ0) is 0. The Hall–Kier alpha value is 1.04. The molecule has 0 fully saturated rings. The smallest absolute Gasteiger partial charge is 0.0467 e. The van der Waals surface area contributed by atoms with Gasteiger partial charge in [0.25, 0.3) is 0 Å². The van der Waals surface area contributed by atoms with Crippen LogP contribution in [-0.4, -0.2) is 0 Å². The number of rotatable bonds is 0. The zero-order valence-electron chi connectivity index (χ0n) is 3.89. The van der Waals surface area contributed by atoms with E-state index in [2.05, 4.69) is 0 Å². The molecule has 0 aromatic rings. The van der Waals surface area contributed by atoms with Crippen LogP contribution in [0, 0.1) is 22.3 Å². The fourth-order valence-electron chi connectivity index (χ4n) is 0. The van der Waals surface area contributed by atoms with Crippen LogP contribution in [0.25, 0.3) is 0 Å². The molecule has 0 unspecified atom stereocenters. The standard InChI is InChI=1S/2CH4.3CH3.2V/h2*1H4;3*1H3;;/q;;2*-1;+1;;. The minimum atomic E-state index is 0. The third kappa shape index (κ3) is 166. The van der Waals surface area contributed by atoms with Crippen LogP contribution in [0.1, 0.15) is 14.9 Å². The molecule has 0 atom stereocenters. The number of hydrogen-bond acceptors (Lipinski definition) is 0. The van der Waals surface area contributed by atoms with E-state index in [0.717, 1.165) is 0 Å². The maximum atomic E-state index is 0. The Bertz CT molecular complexity index is 6.04. The predicted octanol–water partition coefficient (Wildman–Crippen LogP) is 2.62. The molecule has 0 nitrogen and oxygen atoms in total. The minimum Gasteiger partial charge on any atom is -0.358 e. The maximum absolute atomic E-state index is 0. The molecule has 0 saturated carbocycles. The van der Waals surface area contributed by atoms with E-state index < -0.39 is 0 Å². The average Bonchev–Trinajstić information content (AvgIpc) is 0. The van der Waals surface area contributed by atoms with Crippen molar-refractivity contribution >= 4 is 0 Å². The van der Waals surface area contributed by atoms with Gasteiger partial charge in [0.1, 0.15) is 0 Å². The molecule has 0 heterocycles. The summed E-state index contributed by atoms with van der Waals surface area (Å²) in [6, 6.07) is 0. The van der Waals surface area contributed by atoms with Crippen LogP contribution < -0.4 is 0 Å². The molecule has 0 amide bonds. The van der Waals surface area contributed by atoms with E-state index >= 15 is 0 Å². The Morgan fingerprint density at radius 3 is 0.571 bits per heavy atom. The second kappa shape index (κ2) is 238. The molecule has 0 aromatic heterocycles. The summed E-state index contributed by atoms with van der Waals surface area (Å²) in [6.07, 6.45) is 0. The van der Waals surface area contributed by atoms with Gasteiger partial charge in [-0.3, -0.25) is 0 Å². The van der Waals surface area contributed by atoms with Gasteiger partial charge in [-0.1, -0.05) is 14.9 Å². The molecule has 0 aliphatic rings. The number of hydrogen-bond donors (Lipinski definition) is 0. The van der Waals surface area contributed by atoms with Gasteiger partial charge in [0.05, 0.1) is 0 Å². The van der Waals surface area contributed by atoms with Crippen molar-refractivity contribution in [3.8, 4) is 0 Å². The van der Waals surface area contributed by atoms with Crippen LogP contribution in [0.3, 0.4) is 0 Å². The molecule has 0 bridgehead atoms. The molecule has 0 aromatic carbocycles. The van der Waals surface area contributed by atoms with Gasteiger partial charge in [0.2, 0.25) is 0 Å². The summed E-state index contributed by atoms with van der Waals surface area (Å²) in [6.45, 7) is 0. The van der Waals surface area contributed by atoms with Crippen LogP contribution in [0.5, 0.6) is 0 Å². The maximum Gasteiger partial charge on any atom is 0.0467 e. The zero-order valence-corrected chi connectivity index (χ0v) is 6.69. The molecule has 0 N–H and O–H groups in total. The Balaban J connectivity index is 0. The molecule has 0 aliphatic heterocycles. The van der Waals surface area contributed by atoms with Gasteiger partial charge in [-0.15, -0.1) is 0 Å². The van der Waals surface area contributed by atoms with Crippen LogP contribution >= 0.6 is 0 Å². The first-order valence-corrected chi connectivity index (χ1v) is 0. The minimum absolute atomic E-state index is 0. The quantitative estimate of drug-likeness (QED) is 0.501. The van der Waals surface area contributed by atoms with Crippen molar-refractivity contribution in [1.29, 1.82) is 0 Å². The van der Waals surface area contributed by atoms with Crippen LogP contribution in [0.4, 0.5) is 0 Å². The molecule has 0 saturated heterocycles. The normalized spacial score (nSPS) is 0. The fraction of sp³-hybridized carbons (Fsp3) is 0.400. The van der Waals surface area contributed by atoms with E-state index in [1.54, 1.807) is 0 Å². The van der Waals surface area contributed by atoms with Crippen molar-refractivity contribution in [1.82, 2.24) is 0 Å². The molecule has 2 radical (unpaired) electrons. The van der Waals surface area contributed by atoms with Crippen molar-refractivity contribution in [2.24, 2.45) is 0 Å². The SMILES string of the molecule is C.C.[CH3+].[CH3-].[CH3-].[V].[V]. The fourth-order valence-corrected chi connectivity index (χ4v) is 0. The second-order valence-corrected chi connectivity index (χ2v) is 0. The van der Waals surface area contributed by atoms with Crippen LogP contribution in [0.15, 0.2) is 0 Å². The third-order valence-electron chi connectivity index (χ3n) is 0. The van der Waals surface area contributed by atoms with Crippen molar-refractivity contribution < 1.29 is 37.1 Å². The molecular weight excluding hydrogens is 162 g/mol. The predicted molar refractivity (Wildman–Crippen MR) is 32.7 cm³/mol. The van der Waals surface area contributed by atoms with Crippen molar-refractivity contribution in [2.45, 2.75) is 14.9 Å². The monoisotopic (exact) mass is 179 g/mol. The summed E-state index contributed by atoms with van der Waals surface area (Å²) < 4.78 is 0. The van der Waals surface area contributed by atoms with Gasteiger partial charge in [-0.05, 0) is 0 Å². The molecule has 0 rings (SSSR count). The summed E-state index contributed by atoms with van der Waals surface area (Å²) in [5.74, 6) is 0.